The molecule has 0 radical (unpaired) electrons. The molecule has 2 aliphatic rings. The highest BCUT2D eigenvalue weighted by atomic mass is 32.1. The van der Waals surface area contributed by atoms with Gasteiger partial charge in [-0.1, -0.05) is 12.1 Å². The van der Waals surface area contributed by atoms with Crippen LogP contribution in [0.4, 0.5) is 5.69 Å². The molecule has 0 aromatic heterocycles. The number of piperazine rings is 1. The normalized spacial score (nSPS) is 19.3. The van der Waals surface area contributed by atoms with Gasteiger partial charge < -0.3 is 15.1 Å². The highest BCUT2D eigenvalue weighted by Gasteiger charge is 2.19. The largest absolute Gasteiger partial charge is 0.369 e. The van der Waals surface area contributed by atoms with E-state index in [0.29, 0.717) is 0 Å². The van der Waals surface area contributed by atoms with Gasteiger partial charge in [0, 0.05) is 51.5 Å². The van der Waals surface area contributed by atoms with Gasteiger partial charge in [-0.15, -0.1) is 0 Å². The fraction of sp³-hybridized carbons (Fsp3) is 0.611. The Hall–Kier alpha value is -1.33. The Morgan fingerprint density at radius 3 is 2.52 bits per heavy atom. The van der Waals surface area contributed by atoms with Crippen LogP contribution in [0.25, 0.3) is 0 Å². The third kappa shape index (κ3) is 3.96. The SMILES string of the molecule is Cc1cccc(N2CCN(CCCN3CCNC3=S)CC2)c1C. The van der Waals surface area contributed by atoms with Crippen LogP contribution >= 0.6 is 12.2 Å². The number of hydrogen-bond donors (Lipinski definition) is 1. The summed E-state index contributed by atoms with van der Waals surface area (Å²) in [6.45, 7) is 13.4. The second-order valence-corrected chi connectivity index (χ2v) is 7.01. The first-order valence-electron chi connectivity index (χ1n) is 8.71. The van der Waals surface area contributed by atoms with Crippen LogP contribution in [-0.4, -0.2) is 67.3 Å². The molecule has 1 aromatic rings. The van der Waals surface area contributed by atoms with Crippen LogP contribution in [0.2, 0.25) is 0 Å². The van der Waals surface area contributed by atoms with Crippen LogP contribution in [0.3, 0.4) is 0 Å². The molecule has 23 heavy (non-hydrogen) atoms. The third-order valence-electron chi connectivity index (χ3n) is 5.14. The molecule has 2 aliphatic heterocycles. The van der Waals surface area contributed by atoms with Crippen LogP contribution < -0.4 is 10.2 Å². The summed E-state index contributed by atoms with van der Waals surface area (Å²) in [4.78, 5) is 7.42. The summed E-state index contributed by atoms with van der Waals surface area (Å²) in [6.07, 6.45) is 1.20. The van der Waals surface area contributed by atoms with E-state index in [0.717, 1.165) is 50.9 Å². The number of anilines is 1. The minimum Gasteiger partial charge on any atom is -0.369 e. The highest BCUT2D eigenvalue weighted by Crippen LogP contribution is 2.23. The van der Waals surface area contributed by atoms with Crippen molar-refractivity contribution < 1.29 is 0 Å². The van der Waals surface area contributed by atoms with E-state index in [2.05, 4.69) is 52.1 Å². The van der Waals surface area contributed by atoms with Gasteiger partial charge in [-0.25, -0.2) is 0 Å². The molecule has 2 heterocycles. The maximum absolute atomic E-state index is 5.30. The summed E-state index contributed by atoms with van der Waals surface area (Å²) < 4.78 is 0. The van der Waals surface area contributed by atoms with E-state index in [4.69, 9.17) is 12.2 Å². The van der Waals surface area contributed by atoms with Gasteiger partial charge in [0.25, 0.3) is 0 Å². The molecular formula is C18H28N4S. The minimum absolute atomic E-state index is 0.935. The van der Waals surface area contributed by atoms with Crippen molar-refractivity contribution in [2.75, 3.05) is 57.3 Å². The lowest BCUT2D eigenvalue weighted by molar-refractivity contribution is 0.246. The molecule has 126 valence electrons. The van der Waals surface area contributed by atoms with Gasteiger partial charge in [0.15, 0.2) is 5.11 Å². The Bertz CT molecular complexity index is 552. The molecule has 0 aliphatic carbocycles. The molecule has 1 aromatic carbocycles. The molecule has 1 N–H and O–H groups in total. The van der Waals surface area contributed by atoms with Crippen molar-refractivity contribution in [3.63, 3.8) is 0 Å². The van der Waals surface area contributed by atoms with E-state index in [9.17, 15) is 0 Å². The molecule has 0 bridgehead atoms. The first kappa shape index (κ1) is 16.5. The van der Waals surface area contributed by atoms with Crippen LogP contribution in [0.1, 0.15) is 17.5 Å². The average molecular weight is 333 g/mol. The fourth-order valence-corrected chi connectivity index (χ4v) is 3.78. The van der Waals surface area contributed by atoms with Crippen molar-refractivity contribution in [3.05, 3.63) is 29.3 Å². The summed E-state index contributed by atoms with van der Waals surface area (Å²) in [5.74, 6) is 0. The van der Waals surface area contributed by atoms with Gasteiger partial charge in [0.2, 0.25) is 0 Å². The Kier molecular flexibility index (Phi) is 5.38. The number of thiocarbonyl (C=S) groups is 1. The number of aryl methyl sites for hydroxylation is 1. The van der Waals surface area contributed by atoms with Gasteiger partial charge in [0.1, 0.15) is 0 Å². The molecule has 0 unspecified atom stereocenters. The third-order valence-corrected chi connectivity index (χ3v) is 5.54. The molecule has 0 atom stereocenters. The van der Waals surface area contributed by atoms with E-state index in [1.807, 2.05) is 0 Å². The van der Waals surface area contributed by atoms with Gasteiger partial charge in [-0.2, -0.15) is 0 Å². The van der Waals surface area contributed by atoms with Crippen molar-refractivity contribution in [2.24, 2.45) is 0 Å². The van der Waals surface area contributed by atoms with Crippen LogP contribution in [-0.2, 0) is 0 Å². The van der Waals surface area contributed by atoms with Crippen LogP contribution in [0, 0.1) is 13.8 Å². The molecule has 0 saturated carbocycles. The first-order valence-corrected chi connectivity index (χ1v) is 9.12. The molecule has 3 rings (SSSR count). The molecule has 2 fully saturated rings. The van der Waals surface area contributed by atoms with Gasteiger partial charge in [-0.3, -0.25) is 4.90 Å². The standard InChI is InChI=1S/C18H28N4S/c1-15-5-3-6-17(16(15)2)21-13-11-20(12-14-21)8-4-9-22-10-7-19-18(22)23/h3,5-6H,4,7-14H2,1-2H3,(H,19,23). The maximum atomic E-state index is 5.30. The Morgan fingerprint density at radius 1 is 1.04 bits per heavy atom. The van der Waals surface area contributed by atoms with Crippen molar-refractivity contribution in [1.82, 2.24) is 15.1 Å². The molecular weight excluding hydrogens is 304 g/mol. The van der Waals surface area contributed by atoms with E-state index >= 15 is 0 Å². The summed E-state index contributed by atoms with van der Waals surface area (Å²) >= 11 is 5.30. The molecule has 2 saturated heterocycles. The zero-order chi connectivity index (χ0) is 16.2. The summed E-state index contributed by atoms with van der Waals surface area (Å²) in [6, 6.07) is 6.64. The lowest BCUT2D eigenvalue weighted by Gasteiger charge is -2.37. The van der Waals surface area contributed by atoms with E-state index in [1.54, 1.807) is 0 Å². The topological polar surface area (TPSA) is 21.8 Å². The van der Waals surface area contributed by atoms with Gasteiger partial charge >= 0.3 is 0 Å². The zero-order valence-corrected chi connectivity index (χ0v) is 15.2. The average Bonchev–Trinajstić information content (AvgIpc) is 2.96. The van der Waals surface area contributed by atoms with E-state index in [-0.39, 0.29) is 0 Å². The Balaban J connectivity index is 1.43. The summed E-state index contributed by atoms with van der Waals surface area (Å²) in [5, 5.41) is 4.16. The lowest BCUT2D eigenvalue weighted by atomic mass is 10.1. The second kappa shape index (κ2) is 7.49. The minimum atomic E-state index is 0.935. The Morgan fingerprint density at radius 2 is 1.83 bits per heavy atom. The number of nitrogens with zero attached hydrogens (tertiary/aromatic N) is 3. The summed E-state index contributed by atoms with van der Waals surface area (Å²) in [7, 11) is 0. The molecule has 4 nitrogen and oxygen atoms in total. The monoisotopic (exact) mass is 332 g/mol. The smallest absolute Gasteiger partial charge is 0.169 e. The predicted octanol–water partition coefficient (Wildman–Crippen LogP) is 2.01. The number of benzene rings is 1. The fourth-order valence-electron chi connectivity index (χ4n) is 3.50. The lowest BCUT2D eigenvalue weighted by Crippen LogP contribution is -2.47. The van der Waals surface area contributed by atoms with Gasteiger partial charge in [0.05, 0.1) is 0 Å². The predicted molar refractivity (Wildman–Crippen MR) is 101 cm³/mol. The quantitative estimate of drug-likeness (QED) is 0.831. The highest BCUT2D eigenvalue weighted by molar-refractivity contribution is 7.80. The molecule has 0 amide bonds. The van der Waals surface area contributed by atoms with Crippen LogP contribution in [0.5, 0.6) is 0 Å². The first-order chi connectivity index (χ1) is 11.1. The Labute approximate surface area is 145 Å². The second-order valence-electron chi connectivity index (χ2n) is 6.62. The van der Waals surface area contributed by atoms with Crippen molar-refractivity contribution in [3.8, 4) is 0 Å². The van der Waals surface area contributed by atoms with Crippen LogP contribution in [0.15, 0.2) is 18.2 Å². The maximum Gasteiger partial charge on any atom is 0.169 e. The van der Waals surface area contributed by atoms with E-state index < -0.39 is 0 Å². The van der Waals surface area contributed by atoms with E-state index in [1.165, 1.54) is 29.8 Å². The number of rotatable bonds is 5. The van der Waals surface area contributed by atoms with Crippen molar-refractivity contribution in [2.45, 2.75) is 20.3 Å². The van der Waals surface area contributed by atoms with Crippen molar-refractivity contribution in [1.29, 1.82) is 0 Å². The molecule has 5 heteroatoms. The zero-order valence-electron chi connectivity index (χ0n) is 14.3. The molecule has 0 spiro atoms. The van der Waals surface area contributed by atoms with Gasteiger partial charge in [-0.05, 0) is 56.2 Å². The number of nitrogens with one attached hydrogen (secondary N) is 1. The number of hydrogen-bond acceptors (Lipinski definition) is 3. The summed E-state index contributed by atoms with van der Waals surface area (Å²) in [5.41, 5.74) is 4.23. The van der Waals surface area contributed by atoms with Crippen molar-refractivity contribution >= 4 is 23.0 Å².